The van der Waals surface area contributed by atoms with Crippen molar-refractivity contribution in [2.24, 2.45) is 0 Å². The zero-order chi connectivity index (χ0) is 16.8. The van der Waals surface area contributed by atoms with Crippen molar-refractivity contribution in [3.05, 3.63) is 72.4 Å². The third-order valence-electron chi connectivity index (χ3n) is 3.44. The Labute approximate surface area is 143 Å². The van der Waals surface area contributed by atoms with Gasteiger partial charge in [-0.1, -0.05) is 66.6 Å². The van der Waals surface area contributed by atoms with Gasteiger partial charge in [0.2, 0.25) is 0 Å². The predicted octanol–water partition coefficient (Wildman–Crippen LogP) is 3.72. The van der Waals surface area contributed by atoms with Gasteiger partial charge in [0.15, 0.2) is 5.82 Å². The van der Waals surface area contributed by atoms with Gasteiger partial charge in [0.25, 0.3) is 0 Å². The Morgan fingerprint density at radius 1 is 0.833 bits per heavy atom. The second-order valence-electron chi connectivity index (χ2n) is 5.73. The highest BCUT2D eigenvalue weighted by Gasteiger charge is 2.07. The fourth-order valence-electron chi connectivity index (χ4n) is 2.27. The van der Waals surface area contributed by atoms with Crippen LogP contribution in [0.1, 0.15) is 5.69 Å². The Hall–Kier alpha value is -2.96. The third kappa shape index (κ3) is 4.07. The molecule has 3 aromatic rings. The molecule has 0 saturated carbocycles. The molecule has 0 fully saturated rings. The summed E-state index contributed by atoms with van der Waals surface area (Å²) in [5.41, 5.74) is 3.68. The Balaban J connectivity index is 2.07. The summed E-state index contributed by atoms with van der Waals surface area (Å²) < 4.78 is 0. The average Bonchev–Trinajstić information content (AvgIpc) is 2.63. The molecule has 0 atom stereocenters. The van der Waals surface area contributed by atoms with Crippen molar-refractivity contribution in [3.63, 3.8) is 0 Å². The van der Waals surface area contributed by atoms with Crippen LogP contribution in [0.15, 0.2) is 66.7 Å². The fourth-order valence-corrected chi connectivity index (χ4v) is 2.27. The topological polar surface area (TPSA) is 29.0 Å². The summed E-state index contributed by atoms with van der Waals surface area (Å²) in [5.74, 6) is 7.00. The van der Waals surface area contributed by atoms with Crippen LogP contribution in [-0.2, 0) is 0 Å². The largest absolute Gasteiger partial charge is 0.299 e. The average molecular weight is 313 g/mol. The summed E-state index contributed by atoms with van der Waals surface area (Å²) in [6.45, 7) is 0.700. The monoisotopic (exact) mass is 313 g/mol. The highest BCUT2D eigenvalue weighted by Crippen LogP contribution is 2.22. The first-order valence-corrected chi connectivity index (χ1v) is 7.86. The summed E-state index contributed by atoms with van der Waals surface area (Å²) in [4.78, 5) is 11.4. The molecule has 0 aliphatic rings. The van der Waals surface area contributed by atoms with Crippen LogP contribution in [0.25, 0.3) is 22.6 Å². The molecule has 3 nitrogen and oxygen atoms in total. The van der Waals surface area contributed by atoms with Crippen molar-refractivity contribution in [3.8, 4) is 34.5 Å². The molecule has 3 rings (SSSR count). The Kier molecular flexibility index (Phi) is 5.00. The SMILES string of the molecule is CN(C)CC#Cc1cc(-c2ccccc2)nc(-c2ccccc2)n1. The molecule has 0 unspecified atom stereocenters. The first-order valence-electron chi connectivity index (χ1n) is 7.86. The van der Waals surface area contributed by atoms with E-state index in [4.69, 9.17) is 4.98 Å². The van der Waals surface area contributed by atoms with E-state index in [9.17, 15) is 0 Å². The molecule has 0 aliphatic heterocycles. The van der Waals surface area contributed by atoms with Crippen LogP contribution < -0.4 is 0 Å². The van der Waals surface area contributed by atoms with Crippen molar-refractivity contribution < 1.29 is 0 Å². The second kappa shape index (κ2) is 7.54. The molecule has 0 N–H and O–H groups in total. The molecule has 24 heavy (non-hydrogen) atoms. The highest BCUT2D eigenvalue weighted by molar-refractivity contribution is 5.65. The van der Waals surface area contributed by atoms with Crippen molar-refractivity contribution in [2.75, 3.05) is 20.6 Å². The van der Waals surface area contributed by atoms with Crippen LogP contribution in [0, 0.1) is 11.8 Å². The van der Waals surface area contributed by atoms with Crippen molar-refractivity contribution >= 4 is 0 Å². The molecular formula is C21H19N3. The van der Waals surface area contributed by atoms with E-state index >= 15 is 0 Å². The van der Waals surface area contributed by atoms with Gasteiger partial charge in [0, 0.05) is 11.1 Å². The smallest absolute Gasteiger partial charge is 0.161 e. The van der Waals surface area contributed by atoms with Crippen LogP contribution in [0.2, 0.25) is 0 Å². The molecule has 1 heterocycles. The van der Waals surface area contributed by atoms with Crippen LogP contribution in [0.5, 0.6) is 0 Å². The number of hydrogen-bond donors (Lipinski definition) is 0. The van der Waals surface area contributed by atoms with Gasteiger partial charge >= 0.3 is 0 Å². The zero-order valence-electron chi connectivity index (χ0n) is 13.9. The molecule has 0 amide bonds. The number of hydrogen-bond acceptors (Lipinski definition) is 3. The van der Waals surface area contributed by atoms with Crippen molar-refractivity contribution in [2.45, 2.75) is 0 Å². The van der Waals surface area contributed by atoms with Gasteiger partial charge in [-0.05, 0) is 26.1 Å². The lowest BCUT2D eigenvalue weighted by Crippen LogP contribution is -2.10. The summed E-state index contributed by atoms with van der Waals surface area (Å²) in [5, 5.41) is 0. The third-order valence-corrected chi connectivity index (χ3v) is 3.44. The molecule has 0 bridgehead atoms. The maximum Gasteiger partial charge on any atom is 0.161 e. The van der Waals surface area contributed by atoms with E-state index in [1.165, 1.54) is 0 Å². The van der Waals surface area contributed by atoms with Crippen LogP contribution >= 0.6 is 0 Å². The lowest BCUT2D eigenvalue weighted by molar-refractivity contribution is 0.464. The van der Waals surface area contributed by atoms with Gasteiger partial charge in [-0.25, -0.2) is 9.97 Å². The molecule has 3 heteroatoms. The molecule has 0 spiro atoms. The van der Waals surface area contributed by atoms with Gasteiger partial charge in [-0.2, -0.15) is 0 Å². The Morgan fingerprint density at radius 2 is 1.46 bits per heavy atom. The first kappa shape index (κ1) is 15.9. The maximum absolute atomic E-state index is 4.73. The van der Waals surface area contributed by atoms with E-state index in [1.807, 2.05) is 85.7 Å². The molecule has 1 aromatic heterocycles. The predicted molar refractivity (Wildman–Crippen MR) is 98.3 cm³/mol. The highest BCUT2D eigenvalue weighted by atomic mass is 15.0. The minimum Gasteiger partial charge on any atom is -0.299 e. The van der Waals surface area contributed by atoms with E-state index in [1.54, 1.807) is 0 Å². The standard InChI is InChI=1S/C21H19N3/c1-24(2)15-9-14-19-16-20(17-10-5-3-6-11-17)23-21(22-19)18-12-7-4-8-13-18/h3-8,10-13,16H,15H2,1-2H3. The van der Waals surface area contributed by atoms with Crippen LogP contribution in [0.4, 0.5) is 0 Å². The lowest BCUT2D eigenvalue weighted by Gasteiger charge is -2.06. The van der Waals surface area contributed by atoms with E-state index < -0.39 is 0 Å². The number of aromatic nitrogens is 2. The van der Waals surface area contributed by atoms with Gasteiger partial charge in [0.05, 0.1) is 12.2 Å². The molecular weight excluding hydrogens is 294 g/mol. The first-order chi connectivity index (χ1) is 11.7. The molecule has 0 radical (unpaired) electrons. The molecule has 118 valence electrons. The minimum atomic E-state index is 0.700. The molecule has 0 aliphatic carbocycles. The van der Waals surface area contributed by atoms with Gasteiger partial charge in [0.1, 0.15) is 5.69 Å². The van der Waals surface area contributed by atoms with E-state index in [2.05, 4.69) is 16.8 Å². The van der Waals surface area contributed by atoms with E-state index in [-0.39, 0.29) is 0 Å². The van der Waals surface area contributed by atoms with Crippen LogP contribution in [0.3, 0.4) is 0 Å². The number of benzene rings is 2. The summed E-state index contributed by atoms with van der Waals surface area (Å²) >= 11 is 0. The van der Waals surface area contributed by atoms with Crippen LogP contribution in [-0.4, -0.2) is 35.5 Å². The fraction of sp³-hybridized carbons (Fsp3) is 0.143. The molecule has 2 aromatic carbocycles. The summed E-state index contributed by atoms with van der Waals surface area (Å²) in [6, 6.07) is 22.1. The van der Waals surface area contributed by atoms with E-state index in [0.717, 1.165) is 22.5 Å². The normalized spacial score (nSPS) is 10.3. The quantitative estimate of drug-likeness (QED) is 0.690. The summed E-state index contributed by atoms with van der Waals surface area (Å²) in [6.07, 6.45) is 0. The van der Waals surface area contributed by atoms with Crippen molar-refractivity contribution in [1.29, 1.82) is 0 Å². The van der Waals surface area contributed by atoms with E-state index in [0.29, 0.717) is 12.4 Å². The van der Waals surface area contributed by atoms with Gasteiger partial charge in [-0.15, -0.1) is 0 Å². The lowest BCUT2D eigenvalue weighted by atomic mass is 10.1. The number of nitrogens with zero attached hydrogens (tertiary/aromatic N) is 3. The second-order valence-corrected chi connectivity index (χ2v) is 5.73. The zero-order valence-corrected chi connectivity index (χ0v) is 13.9. The molecule has 0 saturated heterocycles. The van der Waals surface area contributed by atoms with Gasteiger partial charge in [-0.3, -0.25) is 4.90 Å². The summed E-state index contributed by atoms with van der Waals surface area (Å²) in [7, 11) is 4.00. The Morgan fingerprint density at radius 3 is 2.08 bits per heavy atom. The maximum atomic E-state index is 4.73. The minimum absolute atomic E-state index is 0.700. The Bertz CT molecular complexity index is 802. The van der Waals surface area contributed by atoms with Crippen molar-refractivity contribution in [1.82, 2.24) is 14.9 Å². The number of rotatable bonds is 3. The van der Waals surface area contributed by atoms with Gasteiger partial charge < -0.3 is 0 Å².